The molecule has 1 N–H and O–H groups in total. The number of aromatic nitrogens is 2. The van der Waals surface area contributed by atoms with E-state index in [1.807, 2.05) is 7.05 Å². The van der Waals surface area contributed by atoms with E-state index in [2.05, 4.69) is 22.4 Å². The molecule has 2 aromatic rings. The smallest absolute Gasteiger partial charge is 0.261 e. The first-order chi connectivity index (χ1) is 9.13. The van der Waals surface area contributed by atoms with Gasteiger partial charge in [0.1, 0.15) is 5.75 Å². The van der Waals surface area contributed by atoms with Crippen molar-refractivity contribution in [2.75, 3.05) is 14.2 Å². The number of methoxy groups -OCH3 is 1. The molecule has 20 heavy (non-hydrogen) atoms. The Labute approximate surface area is 129 Å². The van der Waals surface area contributed by atoms with Crippen LogP contribution in [0.5, 0.6) is 5.75 Å². The van der Waals surface area contributed by atoms with Crippen LogP contribution in [0.15, 0.2) is 22.7 Å². The third-order valence-electron chi connectivity index (χ3n) is 2.84. The largest absolute Gasteiger partial charge is 0.496 e. The summed E-state index contributed by atoms with van der Waals surface area (Å²) in [6.45, 7) is 2.05. The van der Waals surface area contributed by atoms with Crippen molar-refractivity contribution in [3.8, 4) is 17.2 Å². The van der Waals surface area contributed by atoms with Crippen molar-refractivity contribution >= 4 is 24.0 Å². The summed E-state index contributed by atoms with van der Waals surface area (Å²) in [6, 6.07) is 5.58. The van der Waals surface area contributed by atoms with E-state index in [1.165, 1.54) is 0 Å². The van der Waals surface area contributed by atoms with Crippen molar-refractivity contribution in [1.29, 1.82) is 0 Å². The van der Waals surface area contributed by atoms with Gasteiger partial charge >= 0.3 is 0 Å². The molecule has 0 saturated carbocycles. The van der Waals surface area contributed by atoms with Crippen molar-refractivity contribution in [1.82, 2.24) is 15.5 Å². The van der Waals surface area contributed by atoms with Gasteiger partial charge in [-0.15, -0.1) is 12.4 Å². The number of hydrogen-bond acceptors (Lipinski definition) is 5. The van der Waals surface area contributed by atoms with E-state index in [1.54, 1.807) is 25.3 Å². The topological polar surface area (TPSA) is 60.2 Å². The van der Waals surface area contributed by atoms with Gasteiger partial charge in [0.2, 0.25) is 0 Å². The van der Waals surface area contributed by atoms with Crippen LogP contribution >= 0.6 is 24.0 Å². The van der Waals surface area contributed by atoms with Crippen LogP contribution in [-0.2, 0) is 6.42 Å². The molecule has 1 aromatic heterocycles. The van der Waals surface area contributed by atoms with Gasteiger partial charge in [0.15, 0.2) is 5.82 Å². The fourth-order valence-corrected chi connectivity index (χ4v) is 1.83. The maximum absolute atomic E-state index is 5.92. The van der Waals surface area contributed by atoms with Crippen molar-refractivity contribution in [2.45, 2.75) is 19.4 Å². The van der Waals surface area contributed by atoms with Crippen molar-refractivity contribution in [3.05, 3.63) is 29.0 Å². The van der Waals surface area contributed by atoms with Gasteiger partial charge in [-0.05, 0) is 32.2 Å². The lowest BCUT2D eigenvalue weighted by atomic mass is 10.2. The minimum absolute atomic E-state index is 0. The lowest BCUT2D eigenvalue weighted by Crippen LogP contribution is -2.24. The Kier molecular flexibility index (Phi) is 6.26. The summed E-state index contributed by atoms with van der Waals surface area (Å²) in [5, 5.41) is 7.69. The van der Waals surface area contributed by atoms with E-state index in [-0.39, 0.29) is 18.4 Å². The average Bonchev–Trinajstić information content (AvgIpc) is 2.86. The first-order valence-corrected chi connectivity index (χ1v) is 6.35. The van der Waals surface area contributed by atoms with Crippen molar-refractivity contribution in [2.24, 2.45) is 0 Å². The maximum atomic E-state index is 5.92. The van der Waals surface area contributed by atoms with Gasteiger partial charge in [-0.3, -0.25) is 0 Å². The van der Waals surface area contributed by atoms with Gasteiger partial charge in [0.05, 0.1) is 12.7 Å². The summed E-state index contributed by atoms with van der Waals surface area (Å²) in [5.74, 6) is 1.71. The number of rotatable bonds is 5. The molecule has 1 heterocycles. The molecular formula is C13H17Cl2N3O2. The highest BCUT2D eigenvalue weighted by molar-refractivity contribution is 6.30. The van der Waals surface area contributed by atoms with Gasteiger partial charge in [0, 0.05) is 17.5 Å². The molecular weight excluding hydrogens is 301 g/mol. The van der Waals surface area contributed by atoms with E-state index < -0.39 is 0 Å². The number of hydrogen-bond donors (Lipinski definition) is 1. The van der Waals surface area contributed by atoms with Gasteiger partial charge in [0.25, 0.3) is 5.89 Å². The maximum Gasteiger partial charge on any atom is 0.261 e. The molecule has 0 aliphatic rings. The molecule has 0 aliphatic carbocycles. The summed E-state index contributed by atoms with van der Waals surface area (Å²) in [6.07, 6.45) is 0.704. The molecule has 1 unspecified atom stereocenters. The van der Waals surface area contributed by atoms with Crippen LogP contribution < -0.4 is 10.1 Å². The molecule has 0 bridgehead atoms. The first-order valence-electron chi connectivity index (χ1n) is 5.97. The highest BCUT2D eigenvalue weighted by atomic mass is 35.5. The zero-order valence-corrected chi connectivity index (χ0v) is 13.1. The molecule has 0 amide bonds. The molecule has 110 valence electrons. The third-order valence-corrected chi connectivity index (χ3v) is 3.08. The third kappa shape index (κ3) is 3.85. The minimum atomic E-state index is 0. The van der Waals surface area contributed by atoms with Crippen LogP contribution in [0.1, 0.15) is 12.7 Å². The Morgan fingerprint density at radius 1 is 1.45 bits per heavy atom. The second-order valence-electron chi connectivity index (χ2n) is 4.25. The normalized spacial score (nSPS) is 11.8. The number of nitrogens with one attached hydrogen (secondary N) is 1. The monoisotopic (exact) mass is 317 g/mol. The molecule has 2 rings (SSSR count). The van der Waals surface area contributed by atoms with Crippen molar-refractivity contribution in [3.63, 3.8) is 0 Å². The van der Waals surface area contributed by atoms with Gasteiger partial charge in [-0.25, -0.2) is 0 Å². The zero-order valence-electron chi connectivity index (χ0n) is 11.5. The Hall–Kier alpha value is -1.30. The van der Waals surface area contributed by atoms with Crippen LogP contribution in [0.25, 0.3) is 11.5 Å². The second-order valence-corrected chi connectivity index (χ2v) is 4.69. The fraction of sp³-hybridized carbons (Fsp3) is 0.385. The molecule has 5 nitrogen and oxygen atoms in total. The molecule has 0 spiro atoms. The predicted molar refractivity (Wildman–Crippen MR) is 80.8 cm³/mol. The number of halogens is 2. The summed E-state index contributed by atoms with van der Waals surface area (Å²) in [4.78, 5) is 4.37. The quantitative estimate of drug-likeness (QED) is 0.918. The molecule has 0 saturated heterocycles. The first kappa shape index (κ1) is 16.8. The summed E-state index contributed by atoms with van der Waals surface area (Å²) >= 11 is 5.92. The van der Waals surface area contributed by atoms with Crippen molar-refractivity contribution < 1.29 is 9.26 Å². The van der Waals surface area contributed by atoms with E-state index >= 15 is 0 Å². The summed E-state index contributed by atoms with van der Waals surface area (Å²) in [7, 11) is 3.48. The van der Waals surface area contributed by atoms with Gasteiger partial charge in [-0.2, -0.15) is 4.98 Å². The van der Waals surface area contributed by atoms with Crippen LogP contribution in [0, 0.1) is 0 Å². The molecule has 0 fully saturated rings. The lowest BCUT2D eigenvalue weighted by molar-refractivity contribution is 0.401. The van der Waals surface area contributed by atoms with Crippen LogP contribution in [0.4, 0.5) is 0 Å². The molecule has 0 radical (unpaired) electrons. The SMILES string of the molecule is CNC(C)Cc1noc(-c2ccc(Cl)cc2OC)n1.Cl. The van der Waals surface area contributed by atoms with Crippen LogP contribution in [0.2, 0.25) is 5.02 Å². The Morgan fingerprint density at radius 2 is 2.20 bits per heavy atom. The Bertz CT molecular complexity index is 560. The standard InChI is InChI=1S/C13H16ClN3O2.ClH/c1-8(15-2)6-12-16-13(19-17-12)10-5-4-9(14)7-11(10)18-3;/h4-5,7-8,15H,6H2,1-3H3;1H. The summed E-state index contributed by atoms with van der Waals surface area (Å²) < 4.78 is 10.5. The number of nitrogens with zero attached hydrogens (tertiary/aromatic N) is 2. The molecule has 7 heteroatoms. The second kappa shape index (κ2) is 7.47. The van der Waals surface area contributed by atoms with E-state index in [9.17, 15) is 0 Å². The number of benzene rings is 1. The Morgan fingerprint density at radius 3 is 2.85 bits per heavy atom. The molecule has 1 aromatic carbocycles. The summed E-state index contributed by atoms with van der Waals surface area (Å²) in [5.41, 5.74) is 0.739. The van der Waals surface area contributed by atoms with E-state index in [0.29, 0.717) is 28.9 Å². The molecule has 1 atom stereocenters. The lowest BCUT2D eigenvalue weighted by Gasteiger charge is -2.05. The predicted octanol–water partition coefficient (Wildman–Crippen LogP) is 2.97. The van der Waals surface area contributed by atoms with Gasteiger partial charge in [-0.1, -0.05) is 16.8 Å². The number of likely N-dealkylation sites (N-methyl/N-ethyl adjacent to an activating group) is 1. The zero-order chi connectivity index (χ0) is 13.8. The average molecular weight is 318 g/mol. The molecule has 0 aliphatic heterocycles. The van der Waals surface area contributed by atoms with Gasteiger partial charge < -0.3 is 14.6 Å². The van der Waals surface area contributed by atoms with E-state index in [4.69, 9.17) is 20.9 Å². The Balaban J connectivity index is 0.00000200. The fourth-order valence-electron chi connectivity index (χ4n) is 1.66. The highest BCUT2D eigenvalue weighted by Crippen LogP contribution is 2.31. The number of ether oxygens (including phenoxy) is 1. The highest BCUT2D eigenvalue weighted by Gasteiger charge is 2.15. The van der Waals surface area contributed by atoms with Crippen LogP contribution in [-0.4, -0.2) is 30.3 Å². The van der Waals surface area contributed by atoms with Crippen LogP contribution in [0.3, 0.4) is 0 Å². The van der Waals surface area contributed by atoms with E-state index in [0.717, 1.165) is 5.56 Å². The minimum Gasteiger partial charge on any atom is -0.496 e.